The average molecular weight is 275 g/mol. The SMILES string of the molecule is CCc1nc(S(N)(=O)=O)cn1CCOC(C)(C)C. The van der Waals surface area contributed by atoms with E-state index in [0.29, 0.717) is 25.4 Å². The first-order chi connectivity index (χ1) is 8.13. The number of aromatic nitrogens is 2. The van der Waals surface area contributed by atoms with Crippen molar-refractivity contribution in [3.05, 3.63) is 12.0 Å². The number of hydrogen-bond donors (Lipinski definition) is 1. The average Bonchev–Trinajstić information content (AvgIpc) is 2.58. The standard InChI is InChI=1S/C11H21N3O3S/c1-5-9-13-10(18(12,15)16)8-14(9)6-7-17-11(2,3)4/h8H,5-7H2,1-4H3,(H2,12,15,16). The van der Waals surface area contributed by atoms with Crippen LogP contribution >= 0.6 is 0 Å². The quantitative estimate of drug-likeness (QED) is 0.865. The van der Waals surface area contributed by atoms with Crippen LogP contribution in [-0.4, -0.2) is 30.2 Å². The molecule has 2 N–H and O–H groups in total. The van der Waals surface area contributed by atoms with Crippen LogP contribution in [-0.2, 0) is 27.7 Å². The number of nitrogens with two attached hydrogens (primary N) is 1. The van der Waals surface area contributed by atoms with E-state index in [-0.39, 0.29) is 10.6 Å². The third-order valence-electron chi connectivity index (χ3n) is 2.31. The van der Waals surface area contributed by atoms with Gasteiger partial charge >= 0.3 is 0 Å². The zero-order chi connectivity index (χ0) is 14.0. The van der Waals surface area contributed by atoms with Gasteiger partial charge in [-0.1, -0.05) is 6.92 Å². The Labute approximate surface area is 108 Å². The minimum absolute atomic E-state index is 0.0879. The van der Waals surface area contributed by atoms with Crippen LogP contribution < -0.4 is 5.14 Å². The topological polar surface area (TPSA) is 87.2 Å². The smallest absolute Gasteiger partial charge is 0.257 e. The van der Waals surface area contributed by atoms with E-state index in [4.69, 9.17) is 9.88 Å². The molecule has 0 saturated heterocycles. The van der Waals surface area contributed by atoms with Crippen molar-refractivity contribution in [2.75, 3.05) is 6.61 Å². The van der Waals surface area contributed by atoms with Crippen molar-refractivity contribution in [1.82, 2.24) is 9.55 Å². The molecule has 1 aromatic rings. The summed E-state index contributed by atoms with van der Waals surface area (Å²) in [6.07, 6.45) is 2.10. The summed E-state index contributed by atoms with van der Waals surface area (Å²) in [7, 11) is -3.74. The molecule has 0 aliphatic heterocycles. The molecule has 0 aromatic carbocycles. The fourth-order valence-corrected chi connectivity index (χ4v) is 2.00. The molecule has 0 unspecified atom stereocenters. The Hall–Kier alpha value is -0.920. The van der Waals surface area contributed by atoms with Gasteiger partial charge in [0.15, 0.2) is 5.03 Å². The van der Waals surface area contributed by atoms with E-state index in [0.717, 1.165) is 0 Å². The third-order valence-corrected chi connectivity index (χ3v) is 3.09. The largest absolute Gasteiger partial charge is 0.374 e. The number of imidazole rings is 1. The molecule has 18 heavy (non-hydrogen) atoms. The second kappa shape index (κ2) is 5.38. The first kappa shape index (κ1) is 15.1. The van der Waals surface area contributed by atoms with Crippen molar-refractivity contribution in [3.8, 4) is 0 Å². The van der Waals surface area contributed by atoms with E-state index in [9.17, 15) is 8.42 Å². The molecule has 0 bridgehead atoms. The number of nitrogens with zero attached hydrogens (tertiary/aromatic N) is 2. The fraction of sp³-hybridized carbons (Fsp3) is 0.727. The van der Waals surface area contributed by atoms with Crippen molar-refractivity contribution in [2.45, 2.75) is 51.3 Å². The van der Waals surface area contributed by atoms with Crippen LogP contribution in [0.4, 0.5) is 0 Å². The maximum atomic E-state index is 11.2. The molecule has 0 aliphatic rings. The lowest BCUT2D eigenvalue weighted by atomic mass is 10.2. The summed E-state index contributed by atoms with van der Waals surface area (Å²) in [4.78, 5) is 4.01. The van der Waals surface area contributed by atoms with Crippen molar-refractivity contribution in [2.24, 2.45) is 5.14 Å². The van der Waals surface area contributed by atoms with Gasteiger partial charge in [0.25, 0.3) is 10.0 Å². The molecule has 1 rings (SSSR count). The molecule has 0 saturated carbocycles. The van der Waals surface area contributed by atoms with E-state index in [2.05, 4.69) is 4.98 Å². The first-order valence-corrected chi connectivity index (χ1v) is 7.41. The fourth-order valence-electron chi connectivity index (χ4n) is 1.49. The molecule has 0 fully saturated rings. The maximum absolute atomic E-state index is 11.2. The highest BCUT2D eigenvalue weighted by molar-refractivity contribution is 7.89. The Kier molecular flexibility index (Phi) is 4.52. The van der Waals surface area contributed by atoms with Gasteiger partial charge in [0.05, 0.1) is 12.2 Å². The van der Waals surface area contributed by atoms with Crippen LogP contribution in [0.15, 0.2) is 11.2 Å². The summed E-state index contributed by atoms with van der Waals surface area (Å²) in [6.45, 7) is 8.88. The number of ether oxygens (including phenoxy) is 1. The minimum atomic E-state index is -3.74. The Morgan fingerprint density at radius 1 is 1.44 bits per heavy atom. The molecule has 0 aliphatic carbocycles. The van der Waals surface area contributed by atoms with Gasteiger partial charge in [-0.15, -0.1) is 0 Å². The van der Waals surface area contributed by atoms with E-state index in [1.165, 1.54) is 6.20 Å². The summed E-state index contributed by atoms with van der Waals surface area (Å²) < 4.78 is 29.8. The molecule has 0 spiro atoms. The summed E-state index contributed by atoms with van der Waals surface area (Å²) in [5, 5.41) is 4.97. The molecular weight excluding hydrogens is 254 g/mol. The summed E-state index contributed by atoms with van der Waals surface area (Å²) >= 11 is 0. The van der Waals surface area contributed by atoms with Gasteiger partial charge in [0.2, 0.25) is 0 Å². The Morgan fingerprint density at radius 2 is 2.06 bits per heavy atom. The predicted octanol–water partition coefficient (Wildman–Crippen LogP) is 0.908. The molecule has 1 aromatic heterocycles. The van der Waals surface area contributed by atoms with Crippen LogP contribution in [0.5, 0.6) is 0 Å². The van der Waals surface area contributed by atoms with Gasteiger partial charge in [-0.2, -0.15) is 0 Å². The predicted molar refractivity (Wildman–Crippen MR) is 68.7 cm³/mol. The Balaban J connectivity index is 2.80. The lowest BCUT2D eigenvalue weighted by Crippen LogP contribution is -2.22. The van der Waals surface area contributed by atoms with Gasteiger partial charge in [-0.3, -0.25) is 0 Å². The normalized spacial score (nSPS) is 12.9. The number of hydrogen-bond acceptors (Lipinski definition) is 4. The maximum Gasteiger partial charge on any atom is 0.257 e. The number of primary sulfonamides is 1. The molecule has 7 heteroatoms. The number of rotatable bonds is 5. The molecule has 0 atom stereocenters. The highest BCUT2D eigenvalue weighted by atomic mass is 32.2. The molecular formula is C11H21N3O3S. The zero-order valence-electron chi connectivity index (χ0n) is 11.3. The second-order valence-corrected chi connectivity index (χ2v) is 6.56. The molecule has 0 amide bonds. The summed E-state index contributed by atoms with van der Waals surface area (Å²) in [5.74, 6) is 0.691. The van der Waals surface area contributed by atoms with E-state index in [1.807, 2.05) is 27.7 Å². The van der Waals surface area contributed by atoms with Gasteiger partial charge in [-0.05, 0) is 20.8 Å². The summed E-state index contributed by atoms with van der Waals surface area (Å²) in [6, 6.07) is 0. The van der Waals surface area contributed by atoms with Crippen LogP contribution in [0, 0.1) is 0 Å². The lowest BCUT2D eigenvalue weighted by molar-refractivity contribution is -0.00707. The first-order valence-electron chi connectivity index (χ1n) is 5.86. The van der Waals surface area contributed by atoms with Crippen LogP contribution in [0.3, 0.4) is 0 Å². The number of aryl methyl sites for hydroxylation is 1. The third kappa shape index (κ3) is 4.40. The molecule has 1 heterocycles. The number of sulfonamides is 1. The van der Waals surface area contributed by atoms with E-state index in [1.54, 1.807) is 4.57 Å². The van der Waals surface area contributed by atoms with E-state index < -0.39 is 10.0 Å². The van der Waals surface area contributed by atoms with Gasteiger partial charge in [0, 0.05) is 19.2 Å². The Bertz CT molecular complexity index is 500. The highest BCUT2D eigenvalue weighted by Crippen LogP contribution is 2.11. The second-order valence-electron chi connectivity index (χ2n) is 5.05. The van der Waals surface area contributed by atoms with Gasteiger partial charge in [-0.25, -0.2) is 18.5 Å². The minimum Gasteiger partial charge on any atom is -0.374 e. The van der Waals surface area contributed by atoms with Crippen molar-refractivity contribution in [3.63, 3.8) is 0 Å². The Morgan fingerprint density at radius 3 is 2.50 bits per heavy atom. The molecule has 0 radical (unpaired) electrons. The van der Waals surface area contributed by atoms with Crippen molar-refractivity contribution >= 4 is 10.0 Å². The highest BCUT2D eigenvalue weighted by Gasteiger charge is 2.16. The van der Waals surface area contributed by atoms with Crippen LogP contribution in [0.1, 0.15) is 33.5 Å². The molecule has 104 valence electrons. The van der Waals surface area contributed by atoms with Gasteiger partial charge in [0.1, 0.15) is 5.82 Å². The van der Waals surface area contributed by atoms with Crippen molar-refractivity contribution in [1.29, 1.82) is 0 Å². The summed E-state index contributed by atoms with van der Waals surface area (Å²) in [5.41, 5.74) is -0.213. The molecule has 6 nitrogen and oxygen atoms in total. The zero-order valence-corrected chi connectivity index (χ0v) is 12.1. The van der Waals surface area contributed by atoms with Crippen LogP contribution in [0.25, 0.3) is 0 Å². The van der Waals surface area contributed by atoms with Crippen LogP contribution in [0.2, 0.25) is 0 Å². The van der Waals surface area contributed by atoms with Gasteiger partial charge < -0.3 is 9.30 Å². The monoisotopic (exact) mass is 275 g/mol. The van der Waals surface area contributed by atoms with E-state index >= 15 is 0 Å². The van der Waals surface area contributed by atoms with Crippen molar-refractivity contribution < 1.29 is 13.2 Å². The lowest BCUT2D eigenvalue weighted by Gasteiger charge is -2.19.